The van der Waals surface area contributed by atoms with Gasteiger partial charge in [0.15, 0.2) is 0 Å². The molecular weight excluding hydrogens is 128 g/mol. The third-order valence-electron chi connectivity index (χ3n) is 1.06. The molecule has 0 aromatic rings. The molecular formula is C7H14N2O. The Labute approximate surface area is 61.6 Å². The second kappa shape index (κ2) is 6.16. The fourth-order valence-corrected chi connectivity index (χ4v) is 0.547. The van der Waals surface area contributed by atoms with Crippen molar-refractivity contribution in [3.8, 4) is 0 Å². The molecule has 3 nitrogen and oxygen atoms in total. The van der Waals surface area contributed by atoms with Gasteiger partial charge in [-0.25, -0.2) is 0 Å². The summed E-state index contributed by atoms with van der Waals surface area (Å²) in [5.74, 6) is 0. The molecule has 0 spiro atoms. The number of hydrogen-bond donors (Lipinski definition) is 2. The first-order valence-electron chi connectivity index (χ1n) is 3.12. The predicted octanol–water partition coefficient (Wildman–Crippen LogP) is 0.556. The second-order valence-corrected chi connectivity index (χ2v) is 1.78. The minimum atomic E-state index is 0.671. The van der Waals surface area contributed by atoms with Crippen molar-refractivity contribution in [3.05, 3.63) is 24.7 Å². The highest BCUT2D eigenvalue weighted by Gasteiger charge is 1.90. The number of methoxy groups -OCH3 is 1. The van der Waals surface area contributed by atoms with E-state index in [1.54, 1.807) is 13.3 Å². The molecule has 0 aromatic heterocycles. The lowest BCUT2D eigenvalue weighted by Gasteiger charge is -2.03. The first-order chi connectivity index (χ1) is 4.85. The van der Waals surface area contributed by atoms with E-state index in [-0.39, 0.29) is 0 Å². The Morgan fingerprint density at radius 1 is 1.80 bits per heavy atom. The minimum Gasteiger partial charge on any atom is -0.403 e. The Hall–Kier alpha value is -0.960. The SMILES string of the molecule is C=CN/C(=C\N)CCOC. The van der Waals surface area contributed by atoms with Crippen molar-refractivity contribution in [3.63, 3.8) is 0 Å². The molecule has 0 unspecified atom stereocenters. The van der Waals surface area contributed by atoms with Crippen LogP contribution in [0.1, 0.15) is 6.42 Å². The topological polar surface area (TPSA) is 47.3 Å². The van der Waals surface area contributed by atoms with Crippen molar-refractivity contribution in [1.29, 1.82) is 0 Å². The molecule has 0 fully saturated rings. The largest absolute Gasteiger partial charge is 0.403 e. The van der Waals surface area contributed by atoms with E-state index >= 15 is 0 Å². The van der Waals surface area contributed by atoms with E-state index < -0.39 is 0 Å². The highest BCUT2D eigenvalue weighted by atomic mass is 16.5. The predicted molar refractivity (Wildman–Crippen MR) is 42.1 cm³/mol. The van der Waals surface area contributed by atoms with Crippen LogP contribution in [0.15, 0.2) is 24.7 Å². The van der Waals surface area contributed by atoms with Gasteiger partial charge in [0.2, 0.25) is 0 Å². The first kappa shape index (κ1) is 9.04. The summed E-state index contributed by atoms with van der Waals surface area (Å²) in [5, 5.41) is 2.89. The van der Waals surface area contributed by atoms with Crippen molar-refractivity contribution in [2.45, 2.75) is 6.42 Å². The minimum absolute atomic E-state index is 0.671. The van der Waals surface area contributed by atoms with E-state index in [0.717, 1.165) is 12.1 Å². The van der Waals surface area contributed by atoms with Gasteiger partial charge in [0.25, 0.3) is 0 Å². The van der Waals surface area contributed by atoms with Crippen molar-refractivity contribution >= 4 is 0 Å². The average molecular weight is 142 g/mol. The fraction of sp³-hybridized carbons (Fsp3) is 0.429. The summed E-state index contributed by atoms with van der Waals surface area (Å²) in [6, 6.07) is 0. The highest BCUT2D eigenvalue weighted by Crippen LogP contribution is 1.93. The van der Waals surface area contributed by atoms with Crippen molar-refractivity contribution in [2.24, 2.45) is 5.73 Å². The van der Waals surface area contributed by atoms with Crippen molar-refractivity contribution in [2.75, 3.05) is 13.7 Å². The van der Waals surface area contributed by atoms with Crippen molar-refractivity contribution < 1.29 is 4.74 Å². The van der Waals surface area contributed by atoms with Crippen LogP contribution in [0.4, 0.5) is 0 Å². The van der Waals surface area contributed by atoms with Gasteiger partial charge in [-0.15, -0.1) is 0 Å². The second-order valence-electron chi connectivity index (χ2n) is 1.78. The van der Waals surface area contributed by atoms with E-state index in [1.165, 1.54) is 6.20 Å². The molecule has 0 atom stereocenters. The van der Waals surface area contributed by atoms with Gasteiger partial charge in [-0.3, -0.25) is 0 Å². The number of nitrogens with one attached hydrogen (secondary N) is 1. The molecule has 0 heterocycles. The third-order valence-corrected chi connectivity index (χ3v) is 1.06. The lowest BCUT2D eigenvalue weighted by atomic mass is 10.3. The van der Waals surface area contributed by atoms with Gasteiger partial charge in [0.05, 0.1) is 6.61 Å². The van der Waals surface area contributed by atoms with Gasteiger partial charge in [-0.1, -0.05) is 6.58 Å². The lowest BCUT2D eigenvalue weighted by molar-refractivity contribution is 0.201. The van der Waals surface area contributed by atoms with Gasteiger partial charge < -0.3 is 15.8 Å². The van der Waals surface area contributed by atoms with Crippen molar-refractivity contribution in [1.82, 2.24) is 5.32 Å². The Bertz CT molecular complexity index is 121. The molecule has 0 rings (SSSR count). The highest BCUT2D eigenvalue weighted by molar-refractivity contribution is 4.99. The maximum Gasteiger partial charge on any atom is 0.0517 e. The summed E-state index contributed by atoms with van der Waals surface area (Å²) in [6.45, 7) is 4.18. The molecule has 0 bridgehead atoms. The Balaban J connectivity index is 3.51. The fourth-order valence-electron chi connectivity index (χ4n) is 0.547. The Kier molecular flexibility index (Phi) is 5.57. The van der Waals surface area contributed by atoms with Crippen LogP contribution in [0.5, 0.6) is 0 Å². The quantitative estimate of drug-likeness (QED) is 0.589. The summed E-state index contributed by atoms with van der Waals surface area (Å²) in [7, 11) is 1.65. The Morgan fingerprint density at radius 3 is 2.90 bits per heavy atom. The summed E-state index contributed by atoms with van der Waals surface area (Å²) in [5.41, 5.74) is 6.20. The van der Waals surface area contributed by atoms with Crippen LogP contribution < -0.4 is 11.1 Å². The van der Waals surface area contributed by atoms with E-state index in [0.29, 0.717) is 6.61 Å². The monoisotopic (exact) mass is 142 g/mol. The summed E-state index contributed by atoms with van der Waals surface area (Å²) >= 11 is 0. The van der Waals surface area contributed by atoms with Crippen LogP contribution in [0, 0.1) is 0 Å². The molecule has 0 aliphatic rings. The number of nitrogens with two attached hydrogens (primary N) is 1. The van der Waals surface area contributed by atoms with Crippen LogP contribution in [-0.2, 0) is 4.74 Å². The summed E-state index contributed by atoms with van der Waals surface area (Å²) in [6.07, 6.45) is 3.90. The zero-order valence-corrected chi connectivity index (χ0v) is 6.26. The average Bonchev–Trinajstić information content (AvgIpc) is 1.98. The standard InChI is InChI=1S/C7H14N2O/c1-3-9-7(6-8)4-5-10-2/h3,6,9H,1,4-5,8H2,2H3/b7-6-. The van der Waals surface area contributed by atoms with E-state index in [4.69, 9.17) is 10.5 Å². The van der Waals surface area contributed by atoms with Gasteiger partial charge in [0, 0.05) is 25.4 Å². The summed E-state index contributed by atoms with van der Waals surface area (Å²) < 4.78 is 4.85. The third kappa shape index (κ3) is 3.97. The maximum atomic E-state index is 5.27. The van der Waals surface area contributed by atoms with Gasteiger partial charge in [0.1, 0.15) is 0 Å². The maximum absolute atomic E-state index is 5.27. The molecule has 0 saturated heterocycles. The van der Waals surface area contributed by atoms with Crippen LogP contribution in [0.25, 0.3) is 0 Å². The van der Waals surface area contributed by atoms with Gasteiger partial charge in [-0.2, -0.15) is 0 Å². The molecule has 0 aliphatic heterocycles. The first-order valence-corrected chi connectivity index (χ1v) is 3.12. The molecule has 10 heavy (non-hydrogen) atoms. The number of hydrogen-bond acceptors (Lipinski definition) is 3. The van der Waals surface area contributed by atoms with E-state index in [2.05, 4.69) is 11.9 Å². The van der Waals surface area contributed by atoms with E-state index in [1.807, 2.05) is 0 Å². The van der Waals surface area contributed by atoms with Crippen LogP contribution in [0.3, 0.4) is 0 Å². The van der Waals surface area contributed by atoms with Crippen LogP contribution in [-0.4, -0.2) is 13.7 Å². The number of ether oxygens (including phenoxy) is 1. The molecule has 0 amide bonds. The van der Waals surface area contributed by atoms with Gasteiger partial charge >= 0.3 is 0 Å². The van der Waals surface area contributed by atoms with Crippen LogP contribution in [0.2, 0.25) is 0 Å². The molecule has 0 radical (unpaired) electrons. The molecule has 58 valence electrons. The molecule has 0 saturated carbocycles. The zero-order chi connectivity index (χ0) is 7.82. The zero-order valence-electron chi connectivity index (χ0n) is 6.26. The molecule has 3 heteroatoms. The smallest absolute Gasteiger partial charge is 0.0517 e. The molecule has 0 aliphatic carbocycles. The van der Waals surface area contributed by atoms with Crippen LogP contribution >= 0.6 is 0 Å². The molecule has 3 N–H and O–H groups in total. The Morgan fingerprint density at radius 2 is 2.50 bits per heavy atom. The normalized spacial score (nSPS) is 11.1. The number of rotatable bonds is 5. The van der Waals surface area contributed by atoms with Gasteiger partial charge in [-0.05, 0) is 6.20 Å². The summed E-state index contributed by atoms with van der Waals surface area (Å²) in [4.78, 5) is 0. The van der Waals surface area contributed by atoms with E-state index in [9.17, 15) is 0 Å². The molecule has 0 aromatic carbocycles. The lowest BCUT2D eigenvalue weighted by Crippen LogP contribution is -2.08.